The number of halogens is 2. The summed E-state index contributed by atoms with van der Waals surface area (Å²) in [6.07, 6.45) is 1.96. The summed E-state index contributed by atoms with van der Waals surface area (Å²) in [4.78, 5) is 26.1. The molecular formula is C19H18F2N2O2. The first-order valence-electron chi connectivity index (χ1n) is 8.18. The molecule has 0 fully saturated rings. The van der Waals surface area contributed by atoms with Gasteiger partial charge >= 0.3 is 0 Å². The van der Waals surface area contributed by atoms with Crippen LogP contribution in [0.15, 0.2) is 42.5 Å². The zero-order valence-corrected chi connectivity index (χ0v) is 13.6. The lowest BCUT2D eigenvalue weighted by atomic mass is 10.0. The van der Waals surface area contributed by atoms with E-state index >= 15 is 0 Å². The zero-order chi connectivity index (χ0) is 17.8. The third-order valence-electron chi connectivity index (χ3n) is 4.21. The number of aryl methyl sites for hydroxylation is 1. The predicted octanol–water partition coefficient (Wildman–Crippen LogP) is 3.06. The fourth-order valence-electron chi connectivity index (χ4n) is 2.98. The third kappa shape index (κ3) is 3.84. The molecule has 1 N–H and O–H groups in total. The Balaban J connectivity index is 1.57. The summed E-state index contributed by atoms with van der Waals surface area (Å²) in [5.74, 6) is -2.42. The molecule has 130 valence electrons. The van der Waals surface area contributed by atoms with Crippen LogP contribution in [0.1, 0.15) is 28.8 Å². The van der Waals surface area contributed by atoms with E-state index in [1.54, 1.807) is 4.90 Å². The summed E-state index contributed by atoms with van der Waals surface area (Å²) >= 11 is 0. The van der Waals surface area contributed by atoms with Crippen LogP contribution in [0.5, 0.6) is 0 Å². The molecule has 0 aliphatic carbocycles. The molecule has 2 aromatic rings. The number of para-hydroxylation sites is 1. The third-order valence-corrected chi connectivity index (χ3v) is 4.21. The van der Waals surface area contributed by atoms with Crippen LogP contribution >= 0.6 is 0 Å². The summed E-state index contributed by atoms with van der Waals surface area (Å²) in [7, 11) is 0. The first-order chi connectivity index (χ1) is 12.1. The second-order valence-electron chi connectivity index (χ2n) is 5.91. The van der Waals surface area contributed by atoms with E-state index in [2.05, 4.69) is 5.32 Å². The molecule has 25 heavy (non-hydrogen) atoms. The molecule has 3 rings (SSSR count). The number of nitrogens with one attached hydrogen (secondary N) is 1. The summed E-state index contributed by atoms with van der Waals surface area (Å²) in [5.41, 5.74) is 1.81. The summed E-state index contributed by atoms with van der Waals surface area (Å²) < 4.78 is 26.4. The Labute approximate surface area is 144 Å². The van der Waals surface area contributed by atoms with Crippen molar-refractivity contribution in [1.82, 2.24) is 5.32 Å². The van der Waals surface area contributed by atoms with Crippen molar-refractivity contribution in [3.63, 3.8) is 0 Å². The van der Waals surface area contributed by atoms with Gasteiger partial charge in [0.05, 0.1) is 5.56 Å². The Morgan fingerprint density at radius 1 is 1.12 bits per heavy atom. The maximum atomic E-state index is 13.6. The van der Waals surface area contributed by atoms with E-state index in [-0.39, 0.29) is 24.4 Å². The SMILES string of the molecule is O=C(NCCC(=O)N1CCCc2ccccc21)c1ccc(F)cc1F. The second-order valence-corrected chi connectivity index (χ2v) is 5.91. The normalized spacial score (nSPS) is 13.3. The molecule has 0 saturated heterocycles. The van der Waals surface area contributed by atoms with E-state index in [0.29, 0.717) is 12.6 Å². The molecular weight excluding hydrogens is 326 g/mol. The van der Waals surface area contributed by atoms with Gasteiger partial charge in [-0.3, -0.25) is 9.59 Å². The number of fused-ring (bicyclic) bond motifs is 1. The van der Waals surface area contributed by atoms with Crippen LogP contribution in [-0.4, -0.2) is 24.9 Å². The fourth-order valence-corrected chi connectivity index (χ4v) is 2.98. The Kier molecular flexibility index (Phi) is 5.07. The molecule has 2 amide bonds. The standard InChI is InChI=1S/C19H18F2N2O2/c20-14-7-8-15(16(21)12-14)19(25)22-10-9-18(24)23-11-3-5-13-4-1-2-6-17(13)23/h1-2,4,6-8,12H,3,5,9-11H2,(H,22,25). The maximum absolute atomic E-state index is 13.6. The molecule has 6 heteroatoms. The minimum atomic E-state index is -0.922. The largest absolute Gasteiger partial charge is 0.351 e. The van der Waals surface area contributed by atoms with E-state index in [1.165, 1.54) is 0 Å². The molecule has 0 spiro atoms. The van der Waals surface area contributed by atoms with E-state index in [9.17, 15) is 18.4 Å². The molecule has 2 aromatic carbocycles. The van der Waals surface area contributed by atoms with Crippen LogP contribution in [0.2, 0.25) is 0 Å². The van der Waals surface area contributed by atoms with E-state index in [1.807, 2.05) is 24.3 Å². The van der Waals surface area contributed by atoms with Gasteiger partial charge in [0.1, 0.15) is 11.6 Å². The van der Waals surface area contributed by atoms with Gasteiger partial charge in [-0.15, -0.1) is 0 Å². The molecule has 1 aliphatic rings. The lowest BCUT2D eigenvalue weighted by molar-refractivity contribution is -0.118. The second kappa shape index (κ2) is 7.42. The smallest absolute Gasteiger partial charge is 0.254 e. The quantitative estimate of drug-likeness (QED) is 0.927. The first-order valence-corrected chi connectivity index (χ1v) is 8.18. The number of nitrogens with zero attached hydrogens (tertiary/aromatic N) is 1. The monoisotopic (exact) mass is 344 g/mol. The molecule has 0 bridgehead atoms. The van der Waals surface area contributed by atoms with Gasteiger partial charge in [0, 0.05) is 31.3 Å². The van der Waals surface area contributed by atoms with Gasteiger partial charge < -0.3 is 10.2 Å². The Morgan fingerprint density at radius 2 is 1.92 bits per heavy atom. The fraction of sp³-hybridized carbons (Fsp3) is 0.263. The van der Waals surface area contributed by atoms with Gasteiger partial charge in [-0.25, -0.2) is 8.78 Å². The van der Waals surface area contributed by atoms with Gasteiger partial charge in [-0.1, -0.05) is 18.2 Å². The van der Waals surface area contributed by atoms with E-state index < -0.39 is 17.5 Å². The van der Waals surface area contributed by atoms with Gasteiger partial charge in [0.25, 0.3) is 5.91 Å². The van der Waals surface area contributed by atoms with E-state index in [4.69, 9.17) is 0 Å². The predicted molar refractivity (Wildman–Crippen MR) is 90.4 cm³/mol. The van der Waals surface area contributed by atoms with Crippen molar-refractivity contribution in [2.75, 3.05) is 18.0 Å². The minimum absolute atomic E-state index is 0.0904. The van der Waals surface area contributed by atoms with Crippen LogP contribution in [0.4, 0.5) is 14.5 Å². The molecule has 0 atom stereocenters. The number of carbonyl (C=O) groups is 2. The lowest BCUT2D eigenvalue weighted by Crippen LogP contribution is -2.37. The summed E-state index contributed by atoms with van der Waals surface area (Å²) in [5, 5.41) is 2.50. The van der Waals surface area contributed by atoms with Crippen LogP contribution in [0.25, 0.3) is 0 Å². The number of hydrogen-bond acceptors (Lipinski definition) is 2. The highest BCUT2D eigenvalue weighted by atomic mass is 19.1. The van der Waals surface area contributed by atoms with Crippen molar-refractivity contribution in [2.24, 2.45) is 0 Å². The van der Waals surface area contributed by atoms with Crippen molar-refractivity contribution < 1.29 is 18.4 Å². The zero-order valence-electron chi connectivity index (χ0n) is 13.6. The molecule has 0 aromatic heterocycles. The van der Waals surface area contributed by atoms with Crippen LogP contribution in [-0.2, 0) is 11.2 Å². The first kappa shape index (κ1) is 17.1. The minimum Gasteiger partial charge on any atom is -0.351 e. The number of anilines is 1. The Bertz CT molecular complexity index is 808. The molecule has 0 saturated carbocycles. The van der Waals surface area contributed by atoms with Crippen molar-refractivity contribution >= 4 is 17.5 Å². The Hall–Kier alpha value is -2.76. The molecule has 1 heterocycles. The highest BCUT2D eigenvalue weighted by Crippen LogP contribution is 2.27. The van der Waals surface area contributed by atoms with Crippen molar-refractivity contribution in [3.05, 3.63) is 65.2 Å². The molecule has 0 radical (unpaired) electrons. The highest BCUT2D eigenvalue weighted by molar-refractivity contribution is 5.96. The van der Waals surface area contributed by atoms with Crippen molar-refractivity contribution in [3.8, 4) is 0 Å². The Morgan fingerprint density at radius 3 is 2.72 bits per heavy atom. The van der Waals surface area contributed by atoms with Crippen LogP contribution in [0, 0.1) is 11.6 Å². The number of carbonyl (C=O) groups excluding carboxylic acids is 2. The molecule has 0 unspecified atom stereocenters. The van der Waals surface area contributed by atoms with Gasteiger partial charge in [-0.2, -0.15) is 0 Å². The van der Waals surface area contributed by atoms with Crippen molar-refractivity contribution in [2.45, 2.75) is 19.3 Å². The average molecular weight is 344 g/mol. The number of hydrogen-bond donors (Lipinski definition) is 1. The van der Waals surface area contributed by atoms with E-state index in [0.717, 1.165) is 36.2 Å². The topological polar surface area (TPSA) is 49.4 Å². The van der Waals surface area contributed by atoms with Crippen LogP contribution in [0.3, 0.4) is 0 Å². The summed E-state index contributed by atoms with van der Waals surface area (Å²) in [6, 6.07) is 10.5. The molecule has 1 aliphatic heterocycles. The van der Waals surface area contributed by atoms with Crippen LogP contribution < -0.4 is 10.2 Å². The number of rotatable bonds is 4. The summed E-state index contributed by atoms with van der Waals surface area (Å²) in [6.45, 7) is 0.740. The average Bonchev–Trinajstić information content (AvgIpc) is 2.61. The number of benzene rings is 2. The maximum Gasteiger partial charge on any atom is 0.254 e. The molecule has 4 nitrogen and oxygen atoms in total. The number of amides is 2. The van der Waals surface area contributed by atoms with Gasteiger partial charge in [-0.05, 0) is 36.6 Å². The highest BCUT2D eigenvalue weighted by Gasteiger charge is 2.22. The van der Waals surface area contributed by atoms with Gasteiger partial charge in [0.2, 0.25) is 5.91 Å². The van der Waals surface area contributed by atoms with Gasteiger partial charge in [0.15, 0.2) is 0 Å². The lowest BCUT2D eigenvalue weighted by Gasteiger charge is -2.29. The van der Waals surface area contributed by atoms with Crippen molar-refractivity contribution in [1.29, 1.82) is 0 Å².